The predicted molar refractivity (Wildman–Crippen MR) is 73.7 cm³/mol. The molecule has 0 bridgehead atoms. The van der Waals surface area contributed by atoms with Gasteiger partial charge in [-0.2, -0.15) is 0 Å². The Labute approximate surface area is 116 Å². The van der Waals surface area contributed by atoms with Crippen molar-refractivity contribution in [3.05, 3.63) is 76.0 Å². The summed E-state index contributed by atoms with van der Waals surface area (Å²) in [5, 5.41) is 14.9. The lowest BCUT2D eigenvalue weighted by Gasteiger charge is -2.28. The first-order valence-electron chi connectivity index (χ1n) is 6.41. The number of allylic oxidation sites excluding steroid dienone is 3. The van der Waals surface area contributed by atoms with Crippen LogP contribution in [-0.4, -0.2) is 33.0 Å². The summed E-state index contributed by atoms with van der Waals surface area (Å²) in [5.74, 6) is 0. The van der Waals surface area contributed by atoms with Crippen LogP contribution in [0.4, 0.5) is 0 Å². The van der Waals surface area contributed by atoms with Crippen LogP contribution in [0.2, 0.25) is 0 Å². The van der Waals surface area contributed by atoms with E-state index in [-0.39, 0.29) is 10.6 Å². The Morgan fingerprint density at radius 1 is 1.40 bits per heavy atom. The molecule has 0 amide bonds. The van der Waals surface area contributed by atoms with Crippen LogP contribution in [-0.2, 0) is 6.42 Å². The molecule has 1 aromatic rings. The molecule has 3 rings (SSSR count). The van der Waals surface area contributed by atoms with Gasteiger partial charge in [0.2, 0.25) is 0 Å². The highest BCUT2D eigenvalue weighted by atomic mass is 16.6. The second-order valence-electron chi connectivity index (χ2n) is 4.63. The van der Waals surface area contributed by atoms with Crippen molar-refractivity contribution < 1.29 is 4.92 Å². The maximum atomic E-state index is 11.1. The molecule has 0 saturated heterocycles. The number of hydrazine groups is 1. The van der Waals surface area contributed by atoms with Crippen molar-refractivity contribution in [1.29, 1.82) is 0 Å². The van der Waals surface area contributed by atoms with E-state index in [4.69, 9.17) is 0 Å². The van der Waals surface area contributed by atoms with Gasteiger partial charge in [0, 0.05) is 25.1 Å². The number of nitro groups is 1. The zero-order valence-electron chi connectivity index (χ0n) is 10.8. The monoisotopic (exact) mass is 270 g/mol. The number of pyridine rings is 1. The van der Waals surface area contributed by atoms with Crippen molar-refractivity contribution in [2.45, 2.75) is 6.42 Å². The standard InChI is InChI=1S/C14H14N4O2/c19-18(20)14-11-16(17-8-2-1-5-13(14)17)9-6-12-4-3-7-15-10-12/h1-5,7-8,10H,6,9,11H2. The summed E-state index contributed by atoms with van der Waals surface area (Å²) in [4.78, 5) is 14.9. The summed E-state index contributed by atoms with van der Waals surface area (Å²) in [5.41, 5.74) is 2.03. The fraction of sp³-hybridized carbons (Fsp3) is 0.214. The van der Waals surface area contributed by atoms with Gasteiger partial charge < -0.3 is 0 Å². The van der Waals surface area contributed by atoms with Crippen molar-refractivity contribution >= 4 is 0 Å². The molecule has 0 fully saturated rings. The summed E-state index contributed by atoms with van der Waals surface area (Å²) in [6, 6.07) is 3.91. The van der Waals surface area contributed by atoms with Crippen LogP contribution >= 0.6 is 0 Å². The Kier molecular flexibility index (Phi) is 3.30. The Morgan fingerprint density at radius 2 is 2.30 bits per heavy atom. The lowest BCUT2D eigenvalue weighted by atomic mass is 10.2. The topological polar surface area (TPSA) is 62.5 Å². The molecule has 0 radical (unpaired) electrons. The first kappa shape index (κ1) is 12.6. The van der Waals surface area contributed by atoms with Gasteiger partial charge in [-0.3, -0.25) is 20.1 Å². The second-order valence-corrected chi connectivity index (χ2v) is 4.63. The maximum absolute atomic E-state index is 11.1. The third-order valence-electron chi connectivity index (χ3n) is 3.37. The van der Waals surface area contributed by atoms with Gasteiger partial charge in [-0.25, -0.2) is 5.01 Å². The van der Waals surface area contributed by atoms with Crippen LogP contribution < -0.4 is 0 Å². The first-order valence-corrected chi connectivity index (χ1v) is 6.41. The van der Waals surface area contributed by atoms with Crippen molar-refractivity contribution in [3.8, 4) is 0 Å². The SMILES string of the molecule is O=[N+]([O-])C1=C2C=CC=CN2N(CCc2cccnc2)C1. The van der Waals surface area contributed by atoms with E-state index in [2.05, 4.69) is 4.98 Å². The number of nitrogens with zero attached hydrogens (tertiary/aromatic N) is 4. The fourth-order valence-corrected chi connectivity index (χ4v) is 2.38. The Balaban J connectivity index is 1.72. The van der Waals surface area contributed by atoms with Crippen LogP contribution in [0.15, 0.2) is 60.3 Å². The number of aromatic nitrogens is 1. The minimum absolute atomic E-state index is 0.247. The van der Waals surface area contributed by atoms with Crippen molar-refractivity contribution in [2.24, 2.45) is 0 Å². The van der Waals surface area contributed by atoms with Crippen LogP contribution in [0.25, 0.3) is 0 Å². The van der Waals surface area contributed by atoms with Gasteiger partial charge >= 0.3 is 0 Å². The molecule has 0 N–H and O–H groups in total. The Bertz CT molecular complexity index is 607. The summed E-state index contributed by atoms with van der Waals surface area (Å²) in [6.45, 7) is 1.04. The zero-order valence-corrected chi connectivity index (χ0v) is 10.8. The minimum Gasteiger partial charge on any atom is -0.275 e. The predicted octanol–water partition coefficient (Wildman–Crippen LogP) is 1.73. The average molecular weight is 270 g/mol. The van der Waals surface area contributed by atoms with Crippen LogP contribution in [0.3, 0.4) is 0 Å². The third kappa shape index (κ3) is 2.33. The molecule has 0 atom stereocenters. The van der Waals surface area contributed by atoms with Crippen molar-refractivity contribution in [2.75, 3.05) is 13.1 Å². The molecule has 3 heterocycles. The van der Waals surface area contributed by atoms with E-state index in [0.29, 0.717) is 18.8 Å². The average Bonchev–Trinajstić information content (AvgIpc) is 2.85. The molecule has 102 valence electrons. The molecular formula is C14H14N4O2. The normalized spacial score (nSPS) is 17.7. The quantitative estimate of drug-likeness (QED) is 0.616. The third-order valence-corrected chi connectivity index (χ3v) is 3.37. The minimum atomic E-state index is -0.296. The van der Waals surface area contributed by atoms with Gasteiger partial charge in [0.15, 0.2) is 0 Å². The molecule has 2 aliphatic heterocycles. The van der Waals surface area contributed by atoms with Crippen LogP contribution in [0.1, 0.15) is 5.56 Å². The molecule has 1 aromatic heterocycles. The smallest absolute Gasteiger partial charge is 0.275 e. The lowest BCUT2D eigenvalue weighted by molar-refractivity contribution is -0.426. The summed E-state index contributed by atoms with van der Waals surface area (Å²) < 4.78 is 0. The zero-order chi connectivity index (χ0) is 13.9. The highest BCUT2D eigenvalue weighted by Crippen LogP contribution is 2.27. The van der Waals surface area contributed by atoms with Gasteiger partial charge in [-0.1, -0.05) is 12.1 Å². The molecule has 6 nitrogen and oxygen atoms in total. The van der Waals surface area contributed by atoms with E-state index in [9.17, 15) is 10.1 Å². The number of fused-ring (bicyclic) bond motifs is 1. The number of hydrogen-bond acceptors (Lipinski definition) is 5. The van der Waals surface area contributed by atoms with Gasteiger partial charge in [-0.15, -0.1) is 0 Å². The molecule has 0 aromatic carbocycles. The van der Waals surface area contributed by atoms with Gasteiger partial charge in [-0.05, 0) is 30.2 Å². The maximum Gasteiger partial charge on any atom is 0.286 e. The Hall–Kier alpha value is -2.47. The molecule has 20 heavy (non-hydrogen) atoms. The highest BCUT2D eigenvalue weighted by molar-refractivity contribution is 5.32. The van der Waals surface area contributed by atoms with Gasteiger partial charge in [0.1, 0.15) is 12.2 Å². The van der Waals surface area contributed by atoms with Crippen LogP contribution in [0.5, 0.6) is 0 Å². The van der Waals surface area contributed by atoms with Gasteiger partial charge in [0.25, 0.3) is 5.70 Å². The Morgan fingerprint density at radius 3 is 3.05 bits per heavy atom. The van der Waals surface area contributed by atoms with Crippen molar-refractivity contribution in [3.63, 3.8) is 0 Å². The fourth-order valence-electron chi connectivity index (χ4n) is 2.38. The van der Waals surface area contributed by atoms with Crippen molar-refractivity contribution in [1.82, 2.24) is 15.0 Å². The summed E-state index contributed by atoms with van der Waals surface area (Å²) >= 11 is 0. The molecule has 0 saturated carbocycles. The van der Waals surface area contributed by atoms with E-state index in [1.54, 1.807) is 12.3 Å². The molecular weight excluding hydrogens is 256 g/mol. The van der Waals surface area contributed by atoms with E-state index < -0.39 is 0 Å². The second kappa shape index (κ2) is 5.26. The highest BCUT2D eigenvalue weighted by Gasteiger charge is 2.35. The molecule has 2 aliphatic rings. The lowest BCUT2D eigenvalue weighted by Crippen LogP contribution is -2.35. The summed E-state index contributed by atoms with van der Waals surface area (Å²) in [7, 11) is 0. The number of rotatable bonds is 4. The largest absolute Gasteiger partial charge is 0.286 e. The first-order chi connectivity index (χ1) is 9.75. The van der Waals surface area contributed by atoms with E-state index in [1.165, 1.54) is 0 Å². The molecule has 6 heteroatoms. The van der Waals surface area contributed by atoms with E-state index in [0.717, 1.165) is 12.0 Å². The molecule has 0 spiro atoms. The molecule has 0 unspecified atom stereocenters. The number of hydrogen-bond donors (Lipinski definition) is 0. The molecule has 0 aliphatic carbocycles. The van der Waals surface area contributed by atoms with E-state index >= 15 is 0 Å². The van der Waals surface area contributed by atoms with Crippen LogP contribution in [0, 0.1) is 10.1 Å². The van der Waals surface area contributed by atoms with E-state index in [1.807, 2.05) is 46.7 Å². The van der Waals surface area contributed by atoms with Gasteiger partial charge in [0.05, 0.1) is 4.92 Å². The summed E-state index contributed by atoms with van der Waals surface area (Å²) in [6.07, 6.45) is 11.7.